The van der Waals surface area contributed by atoms with Crippen molar-refractivity contribution in [2.45, 2.75) is 20.8 Å². The highest BCUT2D eigenvalue weighted by Crippen LogP contribution is 2.22. The van der Waals surface area contributed by atoms with Crippen LogP contribution in [0, 0.1) is 13.8 Å². The number of allylic oxidation sites excluding steroid dienone is 2. The van der Waals surface area contributed by atoms with Crippen LogP contribution >= 0.6 is 0 Å². The van der Waals surface area contributed by atoms with Crippen LogP contribution in [-0.2, 0) is 0 Å². The minimum Gasteiger partial charge on any atom is -0.0988 e. The van der Waals surface area contributed by atoms with E-state index in [0.717, 1.165) is 0 Å². The standard InChI is InChI=1S/C17H18/c1-5-12(2)8-16-11-15-7-6-13(3)9-17(15)10-14(16)4/h5-11H,1H2,2-4H3/b12-8-. The summed E-state index contributed by atoms with van der Waals surface area (Å²) >= 11 is 0. The predicted molar refractivity (Wildman–Crippen MR) is 77.3 cm³/mol. The van der Waals surface area contributed by atoms with E-state index in [2.05, 4.69) is 63.8 Å². The molecular formula is C17H18. The Morgan fingerprint density at radius 2 is 1.82 bits per heavy atom. The Hall–Kier alpha value is -1.82. The highest BCUT2D eigenvalue weighted by atomic mass is 14.0. The van der Waals surface area contributed by atoms with Crippen molar-refractivity contribution in [1.82, 2.24) is 0 Å². The summed E-state index contributed by atoms with van der Waals surface area (Å²) in [6.45, 7) is 10.2. The van der Waals surface area contributed by atoms with E-state index in [4.69, 9.17) is 0 Å². The molecule has 0 aliphatic rings. The Morgan fingerprint density at radius 3 is 2.53 bits per heavy atom. The third kappa shape index (κ3) is 2.47. The Balaban J connectivity index is 2.63. The van der Waals surface area contributed by atoms with E-state index in [1.54, 1.807) is 0 Å². The number of hydrogen-bond donors (Lipinski definition) is 0. The molecule has 0 aliphatic heterocycles. The quantitative estimate of drug-likeness (QED) is 0.624. The molecule has 0 saturated heterocycles. The predicted octanol–water partition coefficient (Wildman–Crippen LogP) is 5.05. The minimum atomic E-state index is 1.19. The molecule has 0 amide bonds. The minimum absolute atomic E-state index is 1.19. The Kier molecular flexibility index (Phi) is 3.14. The van der Waals surface area contributed by atoms with E-state index < -0.39 is 0 Å². The molecule has 0 heteroatoms. The van der Waals surface area contributed by atoms with Crippen LogP contribution in [0.25, 0.3) is 16.8 Å². The maximum absolute atomic E-state index is 3.79. The molecule has 0 N–H and O–H groups in total. The molecule has 2 aromatic rings. The van der Waals surface area contributed by atoms with Gasteiger partial charge in [-0.1, -0.05) is 54.1 Å². The molecule has 0 heterocycles. The van der Waals surface area contributed by atoms with Crippen molar-refractivity contribution in [3.8, 4) is 0 Å². The fraction of sp³-hybridized carbons (Fsp3) is 0.176. The average molecular weight is 222 g/mol. The van der Waals surface area contributed by atoms with Crippen molar-refractivity contribution >= 4 is 16.8 Å². The maximum atomic E-state index is 3.79. The van der Waals surface area contributed by atoms with Crippen molar-refractivity contribution < 1.29 is 0 Å². The molecular weight excluding hydrogens is 204 g/mol. The smallest absolute Gasteiger partial charge is 0.0178 e. The summed E-state index contributed by atoms with van der Waals surface area (Å²) in [6.07, 6.45) is 4.07. The van der Waals surface area contributed by atoms with Gasteiger partial charge in [-0.25, -0.2) is 0 Å². The second kappa shape index (κ2) is 4.58. The zero-order chi connectivity index (χ0) is 12.4. The van der Waals surface area contributed by atoms with Crippen LogP contribution in [0.1, 0.15) is 23.6 Å². The second-order valence-electron chi connectivity index (χ2n) is 4.65. The third-order valence-electron chi connectivity index (χ3n) is 3.09. The second-order valence-corrected chi connectivity index (χ2v) is 4.65. The van der Waals surface area contributed by atoms with Gasteiger partial charge in [-0.05, 0) is 48.7 Å². The van der Waals surface area contributed by atoms with Gasteiger partial charge >= 0.3 is 0 Å². The average Bonchev–Trinajstić information content (AvgIpc) is 2.30. The van der Waals surface area contributed by atoms with Gasteiger partial charge in [0.05, 0.1) is 0 Å². The third-order valence-corrected chi connectivity index (χ3v) is 3.09. The fourth-order valence-electron chi connectivity index (χ4n) is 2.01. The van der Waals surface area contributed by atoms with Crippen molar-refractivity contribution in [2.75, 3.05) is 0 Å². The number of aryl methyl sites for hydroxylation is 2. The summed E-state index contributed by atoms with van der Waals surface area (Å²) in [5, 5.41) is 2.61. The molecule has 17 heavy (non-hydrogen) atoms. The normalized spacial score (nSPS) is 11.8. The van der Waals surface area contributed by atoms with Crippen LogP contribution in [0.3, 0.4) is 0 Å². The topological polar surface area (TPSA) is 0 Å². The van der Waals surface area contributed by atoms with Crippen molar-refractivity contribution in [3.63, 3.8) is 0 Å². The Bertz CT molecular complexity index is 601. The SMILES string of the molecule is C=C/C(C)=C\c1cc2ccc(C)cc2cc1C. The molecule has 2 rings (SSSR count). The van der Waals surface area contributed by atoms with Crippen LogP contribution in [0.15, 0.2) is 48.6 Å². The van der Waals surface area contributed by atoms with Crippen LogP contribution in [-0.4, -0.2) is 0 Å². The van der Waals surface area contributed by atoms with Gasteiger partial charge < -0.3 is 0 Å². The first-order chi connectivity index (χ1) is 8.10. The molecule has 0 aromatic heterocycles. The van der Waals surface area contributed by atoms with Crippen LogP contribution in [0.2, 0.25) is 0 Å². The van der Waals surface area contributed by atoms with Crippen LogP contribution in [0.5, 0.6) is 0 Å². The van der Waals surface area contributed by atoms with E-state index in [0.29, 0.717) is 0 Å². The van der Waals surface area contributed by atoms with Gasteiger partial charge in [-0.3, -0.25) is 0 Å². The largest absolute Gasteiger partial charge is 0.0988 e. The van der Waals surface area contributed by atoms with E-state index in [1.165, 1.54) is 33.0 Å². The van der Waals surface area contributed by atoms with Crippen LogP contribution < -0.4 is 0 Å². The van der Waals surface area contributed by atoms with Gasteiger partial charge in [0.25, 0.3) is 0 Å². The molecule has 0 aliphatic carbocycles. The lowest BCUT2D eigenvalue weighted by molar-refractivity contribution is 1.44. The summed E-state index contributed by atoms with van der Waals surface area (Å²) in [5.74, 6) is 0. The number of fused-ring (bicyclic) bond motifs is 1. The summed E-state index contributed by atoms with van der Waals surface area (Å²) in [4.78, 5) is 0. The van der Waals surface area contributed by atoms with Gasteiger partial charge in [0.15, 0.2) is 0 Å². The summed E-state index contributed by atoms with van der Waals surface area (Å²) in [5.41, 5.74) is 5.09. The van der Waals surface area contributed by atoms with Gasteiger partial charge in [0.1, 0.15) is 0 Å². The molecule has 0 unspecified atom stereocenters. The summed E-state index contributed by atoms with van der Waals surface area (Å²) in [7, 11) is 0. The fourth-order valence-corrected chi connectivity index (χ4v) is 2.01. The molecule has 0 radical (unpaired) electrons. The molecule has 0 bridgehead atoms. The van der Waals surface area contributed by atoms with Crippen LogP contribution in [0.4, 0.5) is 0 Å². The summed E-state index contributed by atoms with van der Waals surface area (Å²) in [6, 6.07) is 11.1. The lowest BCUT2D eigenvalue weighted by Gasteiger charge is -2.06. The Morgan fingerprint density at radius 1 is 1.06 bits per heavy atom. The van der Waals surface area contributed by atoms with Gasteiger partial charge in [0.2, 0.25) is 0 Å². The first kappa shape index (κ1) is 11.7. The molecule has 0 spiro atoms. The van der Waals surface area contributed by atoms with E-state index in [1.807, 2.05) is 6.08 Å². The maximum Gasteiger partial charge on any atom is -0.0178 e. The lowest BCUT2D eigenvalue weighted by atomic mass is 9.99. The highest BCUT2D eigenvalue weighted by Gasteiger charge is 2.00. The molecule has 86 valence electrons. The number of hydrogen-bond acceptors (Lipinski definition) is 0. The molecule has 0 nitrogen and oxygen atoms in total. The molecule has 0 saturated carbocycles. The van der Waals surface area contributed by atoms with Crippen molar-refractivity contribution in [2.24, 2.45) is 0 Å². The van der Waals surface area contributed by atoms with Gasteiger partial charge in [0, 0.05) is 0 Å². The summed E-state index contributed by atoms with van der Waals surface area (Å²) < 4.78 is 0. The van der Waals surface area contributed by atoms with E-state index in [9.17, 15) is 0 Å². The molecule has 0 atom stereocenters. The number of rotatable bonds is 2. The zero-order valence-electron chi connectivity index (χ0n) is 10.7. The van der Waals surface area contributed by atoms with Crippen molar-refractivity contribution in [3.05, 3.63) is 65.3 Å². The number of benzene rings is 2. The van der Waals surface area contributed by atoms with Crippen molar-refractivity contribution in [1.29, 1.82) is 0 Å². The van der Waals surface area contributed by atoms with E-state index >= 15 is 0 Å². The van der Waals surface area contributed by atoms with Gasteiger partial charge in [-0.2, -0.15) is 0 Å². The van der Waals surface area contributed by atoms with Gasteiger partial charge in [-0.15, -0.1) is 0 Å². The first-order valence-corrected chi connectivity index (χ1v) is 5.92. The molecule has 0 fully saturated rings. The lowest BCUT2D eigenvalue weighted by Crippen LogP contribution is -1.84. The Labute approximate surface area is 103 Å². The zero-order valence-corrected chi connectivity index (χ0v) is 10.7. The highest BCUT2D eigenvalue weighted by molar-refractivity contribution is 5.86. The first-order valence-electron chi connectivity index (χ1n) is 5.92. The van der Waals surface area contributed by atoms with E-state index in [-0.39, 0.29) is 0 Å². The monoisotopic (exact) mass is 222 g/mol. The molecule has 2 aromatic carbocycles.